The molecule has 1 aromatic rings. The van der Waals surface area contributed by atoms with Gasteiger partial charge < -0.3 is 10.5 Å². The lowest BCUT2D eigenvalue weighted by molar-refractivity contribution is 0.370. The van der Waals surface area contributed by atoms with Crippen LogP contribution < -0.4 is 10.5 Å². The summed E-state index contributed by atoms with van der Waals surface area (Å²) < 4.78 is 4.78. The van der Waals surface area contributed by atoms with Gasteiger partial charge in [0.25, 0.3) is 0 Å². The molecule has 1 aliphatic carbocycles. The predicted molar refractivity (Wildman–Crippen MR) is 41.5 cm³/mol. The lowest BCUT2D eigenvalue weighted by Crippen LogP contribution is -2.21. The topological polar surface area (TPSA) is 73.9 Å². The van der Waals surface area contributed by atoms with Gasteiger partial charge in [0.05, 0.1) is 18.8 Å². The second-order valence-electron chi connectivity index (χ2n) is 2.99. The van der Waals surface area contributed by atoms with Gasteiger partial charge in [-0.25, -0.2) is 4.98 Å². The molecule has 0 aliphatic heterocycles. The molecule has 2 rings (SSSR count). The van der Waals surface area contributed by atoms with Crippen molar-refractivity contribution < 1.29 is 4.74 Å². The zero-order valence-electron chi connectivity index (χ0n) is 6.82. The summed E-state index contributed by atoms with van der Waals surface area (Å²) in [5.41, 5.74) is 6.37. The number of aromatic nitrogens is 3. The Morgan fingerprint density at radius 2 is 2.25 bits per heavy atom. The Balaban J connectivity index is 2.25. The summed E-state index contributed by atoms with van der Waals surface area (Å²) in [6.45, 7) is 0. The summed E-state index contributed by atoms with van der Waals surface area (Å²) in [7, 11) is 1.51. The fourth-order valence-corrected chi connectivity index (χ4v) is 0.977. The molecule has 0 atom stereocenters. The van der Waals surface area contributed by atoms with E-state index in [1.54, 1.807) is 6.20 Å². The van der Waals surface area contributed by atoms with E-state index >= 15 is 0 Å². The highest BCUT2D eigenvalue weighted by Crippen LogP contribution is 2.40. The van der Waals surface area contributed by atoms with Crippen molar-refractivity contribution in [1.82, 2.24) is 15.2 Å². The third-order valence-corrected chi connectivity index (χ3v) is 2.02. The summed E-state index contributed by atoms with van der Waals surface area (Å²) in [4.78, 5) is 3.93. The van der Waals surface area contributed by atoms with Crippen LogP contribution in [0, 0.1) is 0 Å². The smallest absolute Gasteiger partial charge is 0.335 e. The Morgan fingerprint density at radius 3 is 2.67 bits per heavy atom. The van der Waals surface area contributed by atoms with Gasteiger partial charge in [0.2, 0.25) is 0 Å². The minimum absolute atomic E-state index is 0.258. The molecule has 1 aliphatic rings. The predicted octanol–water partition coefficient (Wildman–Crippen LogP) is -0.172. The van der Waals surface area contributed by atoms with Gasteiger partial charge in [-0.3, -0.25) is 0 Å². The number of hydrogen-bond donors (Lipinski definition) is 1. The van der Waals surface area contributed by atoms with E-state index in [2.05, 4.69) is 15.2 Å². The minimum Gasteiger partial charge on any atom is -0.466 e. The van der Waals surface area contributed by atoms with E-state index in [1.807, 2.05) is 0 Å². The van der Waals surface area contributed by atoms with E-state index in [0.717, 1.165) is 18.5 Å². The molecule has 1 heterocycles. The Morgan fingerprint density at radius 1 is 1.50 bits per heavy atom. The summed E-state index contributed by atoms with van der Waals surface area (Å²) in [5.74, 6) is 0. The molecule has 0 amide bonds. The number of nitrogens with two attached hydrogens (primary N) is 1. The van der Waals surface area contributed by atoms with Gasteiger partial charge in [0, 0.05) is 0 Å². The van der Waals surface area contributed by atoms with Gasteiger partial charge in [0.1, 0.15) is 5.69 Å². The van der Waals surface area contributed by atoms with Crippen molar-refractivity contribution in [2.75, 3.05) is 7.11 Å². The van der Waals surface area contributed by atoms with Crippen molar-refractivity contribution in [3.05, 3.63) is 11.9 Å². The van der Waals surface area contributed by atoms with Crippen molar-refractivity contribution in [3.63, 3.8) is 0 Å². The summed E-state index contributed by atoms with van der Waals surface area (Å²) >= 11 is 0. The molecular formula is C7H10N4O. The number of nitrogens with zero attached hydrogens (tertiary/aromatic N) is 3. The average Bonchev–Trinajstić information content (AvgIpc) is 2.85. The van der Waals surface area contributed by atoms with Crippen LogP contribution in [0.15, 0.2) is 6.20 Å². The van der Waals surface area contributed by atoms with E-state index in [-0.39, 0.29) is 11.5 Å². The number of hydrogen-bond acceptors (Lipinski definition) is 5. The quantitative estimate of drug-likeness (QED) is 0.660. The van der Waals surface area contributed by atoms with Crippen molar-refractivity contribution >= 4 is 0 Å². The van der Waals surface area contributed by atoms with Crippen LogP contribution in [-0.2, 0) is 5.54 Å². The van der Waals surface area contributed by atoms with Gasteiger partial charge in [-0.1, -0.05) is 5.10 Å². The second kappa shape index (κ2) is 2.38. The summed E-state index contributed by atoms with van der Waals surface area (Å²) in [5, 5.41) is 7.66. The maximum Gasteiger partial charge on any atom is 0.335 e. The standard InChI is InChI=1S/C7H10N4O/c1-12-6-9-4-5(10-11-6)7(8)2-3-7/h4H,2-3,8H2,1H3. The molecular weight excluding hydrogens is 156 g/mol. The highest BCUT2D eigenvalue weighted by molar-refractivity contribution is 5.18. The maximum atomic E-state index is 5.88. The van der Waals surface area contributed by atoms with E-state index < -0.39 is 0 Å². The normalized spacial score (nSPS) is 18.8. The monoisotopic (exact) mass is 166 g/mol. The summed E-state index contributed by atoms with van der Waals surface area (Å²) in [6, 6.07) is 0.281. The first kappa shape index (κ1) is 7.42. The fraction of sp³-hybridized carbons (Fsp3) is 0.571. The molecule has 1 fully saturated rings. The molecule has 5 nitrogen and oxygen atoms in total. The number of ether oxygens (including phenoxy) is 1. The average molecular weight is 166 g/mol. The molecule has 12 heavy (non-hydrogen) atoms. The third kappa shape index (κ3) is 1.12. The largest absolute Gasteiger partial charge is 0.466 e. The molecule has 2 N–H and O–H groups in total. The maximum absolute atomic E-state index is 5.88. The van der Waals surface area contributed by atoms with Crippen LogP contribution in [0.2, 0.25) is 0 Å². The van der Waals surface area contributed by atoms with Crippen LogP contribution in [0.4, 0.5) is 0 Å². The molecule has 1 aromatic heterocycles. The molecule has 0 aromatic carbocycles. The van der Waals surface area contributed by atoms with Crippen LogP contribution in [0.3, 0.4) is 0 Å². The lowest BCUT2D eigenvalue weighted by atomic mass is 10.2. The van der Waals surface area contributed by atoms with E-state index in [9.17, 15) is 0 Å². The third-order valence-electron chi connectivity index (χ3n) is 2.02. The van der Waals surface area contributed by atoms with Crippen LogP contribution in [-0.4, -0.2) is 22.3 Å². The van der Waals surface area contributed by atoms with Crippen LogP contribution in [0.25, 0.3) is 0 Å². The van der Waals surface area contributed by atoms with Crippen LogP contribution >= 0.6 is 0 Å². The van der Waals surface area contributed by atoms with Crippen molar-refractivity contribution in [2.24, 2.45) is 5.73 Å². The molecule has 64 valence electrons. The molecule has 5 heteroatoms. The first-order chi connectivity index (χ1) is 5.74. The highest BCUT2D eigenvalue weighted by Gasteiger charge is 2.42. The number of methoxy groups -OCH3 is 1. The second-order valence-corrected chi connectivity index (χ2v) is 2.99. The van der Waals surface area contributed by atoms with E-state index in [0.29, 0.717) is 0 Å². The van der Waals surface area contributed by atoms with Crippen LogP contribution in [0.1, 0.15) is 18.5 Å². The van der Waals surface area contributed by atoms with Gasteiger partial charge in [0.15, 0.2) is 0 Å². The minimum atomic E-state index is -0.258. The Bertz CT molecular complexity index is 280. The van der Waals surface area contributed by atoms with E-state index in [1.165, 1.54) is 7.11 Å². The number of rotatable bonds is 2. The Kier molecular flexibility index (Phi) is 1.47. The zero-order chi connectivity index (χ0) is 8.60. The molecule has 1 saturated carbocycles. The van der Waals surface area contributed by atoms with Crippen molar-refractivity contribution in [3.8, 4) is 6.01 Å². The van der Waals surface area contributed by atoms with Crippen molar-refractivity contribution in [2.45, 2.75) is 18.4 Å². The van der Waals surface area contributed by atoms with E-state index in [4.69, 9.17) is 10.5 Å². The first-order valence-corrected chi connectivity index (χ1v) is 3.78. The Hall–Kier alpha value is -1.23. The highest BCUT2D eigenvalue weighted by atomic mass is 16.5. The molecule has 0 unspecified atom stereocenters. The Labute approximate surface area is 70.0 Å². The lowest BCUT2D eigenvalue weighted by Gasteiger charge is -2.05. The first-order valence-electron chi connectivity index (χ1n) is 3.78. The van der Waals surface area contributed by atoms with Crippen LogP contribution in [0.5, 0.6) is 6.01 Å². The molecule has 0 bridgehead atoms. The fourth-order valence-electron chi connectivity index (χ4n) is 0.977. The van der Waals surface area contributed by atoms with Crippen molar-refractivity contribution in [1.29, 1.82) is 0 Å². The molecule has 0 radical (unpaired) electrons. The van der Waals surface area contributed by atoms with Gasteiger partial charge in [-0.2, -0.15) is 0 Å². The van der Waals surface area contributed by atoms with Gasteiger partial charge in [-0.15, -0.1) is 5.10 Å². The molecule has 0 saturated heterocycles. The molecule has 0 spiro atoms. The van der Waals surface area contributed by atoms with Gasteiger partial charge >= 0.3 is 6.01 Å². The SMILES string of the molecule is COc1ncc(C2(N)CC2)nn1. The van der Waals surface area contributed by atoms with Gasteiger partial charge in [-0.05, 0) is 12.8 Å². The summed E-state index contributed by atoms with van der Waals surface area (Å²) in [6.07, 6.45) is 3.56. The zero-order valence-corrected chi connectivity index (χ0v) is 6.82.